The number of rotatable bonds is 5. The number of nitrogens with zero attached hydrogens (tertiary/aromatic N) is 2. The van der Waals surface area contributed by atoms with Crippen LogP contribution in [0.25, 0.3) is 0 Å². The standard InChI is InChI=1S/C14H13N3O5/c1-2-22-14(21)9-4-6-12(17-16-9)15-10-7-8(13(19)20)3-5-11(10)18/h3-7,18H,2H2,1H3,(H,15,17)(H,19,20). The normalized spacial score (nSPS) is 10.0. The summed E-state index contributed by atoms with van der Waals surface area (Å²) >= 11 is 0. The Labute approximate surface area is 125 Å². The SMILES string of the molecule is CCOC(=O)c1ccc(Nc2cc(C(=O)O)ccc2O)nn1. The van der Waals surface area contributed by atoms with E-state index in [9.17, 15) is 14.7 Å². The summed E-state index contributed by atoms with van der Waals surface area (Å²) in [5.41, 5.74) is 0.227. The molecule has 1 aromatic heterocycles. The maximum atomic E-state index is 11.4. The first-order valence-corrected chi connectivity index (χ1v) is 6.35. The molecule has 0 saturated carbocycles. The lowest BCUT2D eigenvalue weighted by atomic mass is 10.2. The van der Waals surface area contributed by atoms with Crippen molar-refractivity contribution < 1.29 is 24.5 Å². The van der Waals surface area contributed by atoms with E-state index in [4.69, 9.17) is 9.84 Å². The zero-order valence-electron chi connectivity index (χ0n) is 11.6. The number of hydrogen-bond donors (Lipinski definition) is 3. The minimum atomic E-state index is -1.12. The highest BCUT2D eigenvalue weighted by Gasteiger charge is 2.11. The highest BCUT2D eigenvalue weighted by Crippen LogP contribution is 2.26. The molecular formula is C14H13N3O5. The van der Waals surface area contributed by atoms with Crippen LogP contribution >= 0.6 is 0 Å². The first-order chi connectivity index (χ1) is 10.5. The highest BCUT2D eigenvalue weighted by atomic mass is 16.5. The Bertz CT molecular complexity index is 700. The lowest BCUT2D eigenvalue weighted by Crippen LogP contribution is -2.08. The van der Waals surface area contributed by atoms with Gasteiger partial charge in [-0.1, -0.05) is 0 Å². The first-order valence-electron chi connectivity index (χ1n) is 6.35. The van der Waals surface area contributed by atoms with Crippen molar-refractivity contribution in [2.45, 2.75) is 6.92 Å². The molecule has 0 fully saturated rings. The molecule has 22 heavy (non-hydrogen) atoms. The Morgan fingerprint density at radius 3 is 2.59 bits per heavy atom. The van der Waals surface area contributed by atoms with E-state index in [1.165, 1.54) is 30.3 Å². The summed E-state index contributed by atoms with van der Waals surface area (Å²) in [6.45, 7) is 1.91. The van der Waals surface area contributed by atoms with E-state index in [1.807, 2.05) is 0 Å². The van der Waals surface area contributed by atoms with Crippen molar-refractivity contribution in [1.82, 2.24) is 10.2 Å². The fourth-order valence-corrected chi connectivity index (χ4v) is 1.62. The fraction of sp³-hybridized carbons (Fsp3) is 0.143. The lowest BCUT2D eigenvalue weighted by molar-refractivity contribution is 0.0517. The van der Waals surface area contributed by atoms with Gasteiger partial charge in [0.2, 0.25) is 0 Å². The number of aromatic nitrogens is 2. The third-order valence-corrected chi connectivity index (χ3v) is 2.66. The molecule has 8 heteroatoms. The summed E-state index contributed by atoms with van der Waals surface area (Å²) in [4.78, 5) is 22.3. The van der Waals surface area contributed by atoms with Gasteiger partial charge < -0.3 is 20.3 Å². The predicted octanol–water partition coefficient (Wildman–Crippen LogP) is 1.80. The van der Waals surface area contributed by atoms with E-state index >= 15 is 0 Å². The van der Waals surface area contributed by atoms with Gasteiger partial charge in [0.1, 0.15) is 5.75 Å². The van der Waals surface area contributed by atoms with Crippen molar-refractivity contribution in [2.24, 2.45) is 0 Å². The van der Waals surface area contributed by atoms with Gasteiger partial charge in [-0.3, -0.25) is 0 Å². The summed E-state index contributed by atoms with van der Waals surface area (Å²) in [7, 11) is 0. The number of benzene rings is 1. The zero-order chi connectivity index (χ0) is 16.1. The molecule has 0 spiro atoms. The van der Waals surface area contributed by atoms with Crippen molar-refractivity contribution in [3.63, 3.8) is 0 Å². The molecule has 0 aliphatic rings. The number of phenols is 1. The molecule has 0 aliphatic heterocycles. The quantitative estimate of drug-likeness (QED) is 0.564. The summed E-state index contributed by atoms with van der Waals surface area (Å²) in [5.74, 6) is -1.60. The van der Waals surface area contributed by atoms with Crippen LogP contribution in [0.4, 0.5) is 11.5 Å². The Morgan fingerprint density at radius 2 is 2.00 bits per heavy atom. The number of carbonyl (C=O) groups is 2. The third kappa shape index (κ3) is 3.48. The summed E-state index contributed by atoms with van der Waals surface area (Å²) in [5, 5.41) is 28.8. The molecule has 1 aromatic carbocycles. The Morgan fingerprint density at radius 1 is 1.23 bits per heavy atom. The molecule has 0 atom stereocenters. The van der Waals surface area contributed by atoms with Gasteiger partial charge in [-0.2, -0.15) is 0 Å². The molecule has 3 N–H and O–H groups in total. The number of ether oxygens (including phenoxy) is 1. The van der Waals surface area contributed by atoms with Crippen LogP contribution in [0.3, 0.4) is 0 Å². The molecule has 0 saturated heterocycles. The molecule has 2 rings (SSSR count). The number of nitrogens with one attached hydrogen (secondary N) is 1. The van der Waals surface area contributed by atoms with Crippen molar-refractivity contribution >= 4 is 23.4 Å². The van der Waals surface area contributed by atoms with Gasteiger partial charge in [0, 0.05) is 0 Å². The molecule has 114 valence electrons. The topological polar surface area (TPSA) is 122 Å². The van der Waals surface area contributed by atoms with Gasteiger partial charge >= 0.3 is 11.9 Å². The third-order valence-electron chi connectivity index (χ3n) is 2.66. The minimum Gasteiger partial charge on any atom is -0.506 e. The number of phenolic OH excluding ortho intramolecular Hbond substituents is 1. The average Bonchev–Trinajstić information content (AvgIpc) is 2.50. The number of carbonyl (C=O) groups excluding carboxylic acids is 1. The van der Waals surface area contributed by atoms with Crippen LogP contribution in [0.5, 0.6) is 5.75 Å². The molecule has 0 aliphatic carbocycles. The number of carboxylic acid groups (broad SMARTS) is 1. The van der Waals surface area contributed by atoms with E-state index in [2.05, 4.69) is 15.5 Å². The smallest absolute Gasteiger partial charge is 0.358 e. The second-order valence-electron chi connectivity index (χ2n) is 4.19. The van der Waals surface area contributed by atoms with Crippen LogP contribution in [-0.2, 0) is 4.74 Å². The van der Waals surface area contributed by atoms with E-state index in [1.54, 1.807) is 6.92 Å². The Kier molecular flexibility index (Phi) is 4.52. The fourth-order valence-electron chi connectivity index (χ4n) is 1.62. The van der Waals surface area contributed by atoms with Crippen molar-refractivity contribution in [2.75, 3.05) is 11.9 Å². The second kappa shape index (κ2) is 6.53. The largest absolute Gasteiger partial charge is 0.506 e. The molecule has 0 bridgehead atoms. The number of esters is 1. The van der Waals surface area contributed by atoms with Crippen LogP contribution in [0.1, 0.15) is 27.8 Å². The average molecular weight is 303 g/mol. The highest BCUT2D eigenvalue weighted by molar-refractivity contribution is 5.90. The predicted molar refractivity (Wildman–Crippen MR) is 76.3 cm³/mol. The molecule has 0 radical (unpaired) electrons. The maximum Gasteiger partial charge on any atom is 0.358 e. The van der Waals surface area contributed by atoms with Crippen molar-refractivity contribution in [3.05, 3.63) is 41.6 Å². The number of hydrogen-bond acceptors (Lipinski definition) is 7. The number of aromatic carboxylic acids is 1. The molecule has 1 heterocycles. The van der Waals surface area contributed by atoms with Crippen LogP contribution in [0, 0.1) is 0 Å². The number of anilines is 2. The maximum absolute atomic E-state index is 11.4. The van der Waals surface area contributed by atoms with E-state index < -0.39 is 11.9 Å². The van der Waals surface area contributed by atoms with Gasteiger partial charge in [-0.15, -0.1) is 10.2 Å². The molecule has 0 amide bonds. The van der Waals surface area contributed by atoms with E-state index in [0.29, 0.717) is 0 Å². The molecular weight excluding hydrogens is 290 g/mol. The van der Waals surface area contributed by atoms with Crippen LogP contribution in [0.2, 0.25) is 0 Å². The van der Waals surface area contributed by atoms with Gasteiger partial charge in [0.05, 0.1) is 17.9 Å². The Hall–Kier alpha value is -3.16. The van der Waals surface area contributed by atoms with Crippen molar-refractivity contribution in [3.8, 4) is 5.75 Å². The Balaban J connectivity index is 2.19. The van der Waals surface area contributed by atoms with E-state index in [-0.39, 0.29) is 35.1 Å². The number of aromatic hydroxyl groups is 1. The zero-order valence-corrected chi connectivity index (χ0v) is 11.6. The van der Waals surface area contributed by atoms with E-state index in [0.717, 1.165) is 0 Å². The monoisotopic (exact) mass is 303 g/mol. The van der Waals surface area contributed by atoms with Crippen LogP contribution in [-0.4, -0.2) is 39.0 Å². The number of carboxylic acids is 1. The summed E-state index contributed by atoms with van der Waals surface area (Å²) in [6.07, 6.45) is 0. The molecule has 8 nitrogen and oxygen atoms in total. The first kappa shape index (κ1) is 15.2. The van der Waals surface area contributed by atoms with Gasteiger partial charge in [0.15, 0.2) is 11.5 Å². The molecule has 0 unspecified atom stereocenters. The summed E-state index contributed by atoms with van der Waals surface area (Å²) in [6, 6.07) is 6.67. The van der Waals surface area contributed by atoms with Crippen molar-refractivity contribution in [1.29, 1.82) is 0 Å². The van der Waals surface area contributed by atoms with Gasteiger partial charge in [-0.25, -0.2) is 9.59 Å². The van der Waals surface area contributed by atoms with Crippen LogP contribution < -0.4 is 5.32 Å². The summed E-state index contributed by atoms with van der Waals surface area (Å²) < 4.78 is 4.78. The lowest BCUT2D eigenvalue weighted by Gasteiger charge is -2.08. The molecule has 2 aromatic rings. The van der Waals surface area contributed by atoms with Gasteiger partial charge in [-0.05, 0) is 37.3 Å². The van der Waals surface area contributed by atoms with Gasteiger partial charge in [0.25, 0.3) is 0 Å². The van der Waals surface area contributed by atoms with Crippen LogP contribution in [0.15, 0.2) is 30.3 Å². The second-order valence-corrected chi connectivity index (χ2v) is 4.19. The minimum absolute atomic E-state index is 0.0106.